The first kappa shape index (κ1) is 23.7. The summed E-state index contributed by atoms with van der Waals surface area (Å²) in [5.74, 6) is -0.775. The average molecular weight is 473 g/mol. The fourth-order valence-electron chi connectivity index (χ4n) is 4.14. The molecule has 2 aromatic carbocycles. The van der Waals surface area contributed by atoms with Crippen LogP contribution < -0.4 is 10.6 Å². The van der Waals surface area contributed by atoms with E-state index in [1.165, 1.54) is 0 Å². The third-order valence-corrected chi connectivity index (χ3v) is 5.75. The van der Waals surface area contributed by atoms with E-state index >= 15 is 0 Å². The van der Waals surface area contributed by atoms with Gasteiger partial charge in [0.25, 0.3) is 5.91 Å². The van der Waals surface area contributed by atoms with Crippen LogP contribution in [0, 0.1) is 20.8 Å². The van der Waals surface area contributed by atoms with Gasteiger partial charge in [-0.2, -0.15) is 0 Å². The smallest absolute Gasteiger partial charge is 0.326 e. The van der Waals surface area contributed by atoms with Gasteiger partial charge in [0.15, 0.2) is 5.95 Å². The van der Waals surface area contributed by atoms with Gasteiger partial charge in [0.05, 0.1) is 18.6 Å². The number of hydrogen-bond acceptors (Lipinski definition) is 5. The number of amides is 1. The van der Waals surface area contributed by atoms with E-state index in [4.69, 9.17) is 0 Å². The summed E-state index contributed by atoms with van der Waals surface area (Å²) < 4.78 is 1.89. The molecule has 9 nitrogen and oxygen atoms in total. The number of hydrogen-bond donors (Lipinski definition) is 4. The van der Waals surface area contributed by atoms with Gasteiger partial charge < -0.3 is 25.3 Å². The SMILES string of the molecule is Cc1cc(C)c(C(=O)NC(Cc2ccc(-n3cnc(CNc4ncc[nH]4)c3)cc2)C(=O)O)c(C)c1. The molecule has 1 amide bonds. The lowest BCUT2D eigenvalue weighted by Crippen LogP contribution is -2.42. The van der Waals surface area contributed by atoms with Crippen molar-refractivity contribution in [2.24, 2.45) is 0 Å². The maximum atomic E-state index is 12.9. The first-order chi connectivity index (χ1) is 16.8. The second kappa shape index (κ2) is 10.3. The minimum Gasteiger partial charge on any atom is -0.480 e. The van der Waals surface area contributed by atoms with Crippen LogP contribution in [0.3, 0.4) is 0 Å². The van der Waals surface area contributed by atoms with Crippen LogP contribution >= 0.6 is 0 Å². The number of aromatic amines is 1. The molecule has 0 fully saturated rings. The molecule has 9 heteroatoms. The molecule has 2 heterocycles. The number of rotatable bonds is 9. The van der Waals surface area contributed by atoms with Gasteiger partial charge in [-0.05, 0) is 49.6 Å². The molecule has 0 radical (unpaired) electrons. The number of aryl methyl sites for hydroxylation is 3. The predicted octanol–water partition coefficient (Wildman–Crippen LogP) is 3.56. The Morgan fingerprint density at radius 2 is 1.80 bits per heavy atom. The number of carbonyl (C=O) groups excluding carboxylic acids is 1. The van der Waals surface area contributed by atoms with E-state index in [1.54, 1.807) is 18.7 Å². The van der Waals surface area contributed by atoms with Crippen molar-refractivity contribution in [2.45, 2.75) is 39.8 Å². The number of nitrogens with zero attached hydrogens (tertiary/aromatic N) is 3. The minimum atomic E-state index is -1.08. The van der Waals surface area contributed by atoms with Crippen molar-refractivity contribution in [3.8, 4) is 5.69 Å². The highest BCUT2D eigenvalue weighted by Gasteiger charge is 2.23. The molecule has 2 aromatic heterocycles. The van der Waals surface area contributed by atoms with Crippen LogP contribution in [-0.4, -0.2) is 42.5 Å². The number of nitrogens with one attached hydrogen (secondary N) is 3. The van der Waals surface area contributed by atoms with Gasteiger partial charge in [-0.25, -0.2) is 14.8 Å². The third kappa shape index (κ3) is 5.75. The number of H-pyrrole nitrogens is 1. The molecule has 0 spiro atoms. The van der Waals surface area contributed by atoms with Crippen LogP contribution in [0.2, 0.25) is 0 Å². The highest BCUT2D eigenvalue weighted by molar-refractivity contribution is 5.99. The summed E-state index contributed by atoms with van der Waals surface area (Å²) in [5, 5.41) is 15.6. The Labute approximate surface area is 203 Å². The van der Waals surface area contributed by atoms with Crippen molar-refractivity contribution >= 4 is 17.8 Å². The lowest BCUT2D eigenvalue weighted by atomic mass is 9.98. The number of carboxylic acids is 1. The largest absolute Gasteiger partial charge is 0.480 e. The number of benzene rings is 2. The fraction of sp³-hybridized carbons (Fsp3) is 0.231. The molecule has 1 atom stereocenters. The Morgan fingerprint density at radius 3 is 2.43 bits per heavy atom. The zero-order chi connectivity index (χ0) is 24.9. The molecule has 0 aliphatic carbocycles. The number of anilines is 1. The lowest BCUT2D eigenvalue weighted by molar-refractivity contribution is -0.139. The van der Waals surface area contributed by atoms with Crippen LogP contribution in [-0.2, 0) is 17.8 Å². The molecule has 4 aromatic rings. The quantitative estimate of drug-likeness (QED) is 0.295. The molecular weight excluding hydrogens is 444 g/mol. The van der Waals surface area contributed by atoms with Gasteiger partial charge in [0.1, 0.15) is 6.04 Å². The third-order valence-electron chi connectivity index (χ3n) is 5.75. The highest BCUT2D eigenvalue weighted by atomic mass is 16.4. The van der Waals surface area contributed by atoms with E-state index in [-0.39, 0.29) is 12.3 Å². The summed E-state index contributed by atoms with van der Waals surface area (Å²) in [6.45, 7) is 6.21. The predicted molar refractivity (Wildman–Crippen MR) is 133 cm³/mol. The van der Waals surface area contributed by atoms with Crippen molar-refractivity contribution < 1.29 is 14.7 Å². The molecular formula is C26H28N6O3. The molecule has 0 saturated carbocycles. The molecule has 4 N–H and O–H groups in total. The lowest BCUT2D eigenvalue weighted by Gasteiger charge is -2.17. The van der Waals surface area contributed by atoms with Gasteiger partial charge in [0.2, 0.25) is 0 Å². The monoisotopic (exact) mass is 472 g/mol. The molecule has 4 rings (SSSR count). The molecule has 1 unspecified atom stereocenters. The van der Waals surface area contributed by atoms with E-state index in [1.807, 2.05) is 67.9 Å². The number of imidazole rings is 2. The van der Waals surface area contributed by atoms with E-state index in [0.29, 0.717) is 18.1 Å². The van der Waals surface area contributed by atoms with Gasteiger partial charge >= 0.3 is 5.97 Å². The van der Waals surface area contributed by atoms with Crippen LogP contribution in [0.15, 0.2) is 61.3 Å². The molecule has 0 saturated heterocycles. The van der Waals surface area contributed by atoms with Crippen molar-refractivity contribution in [3.63, 3.8) is 0 Å². The molecule has 0 aliphatic rings. The van der Waals surface area contributed by atoms with Gasteiger partial charge in [-0.1, -0.05) is 29.8 Å². The van der Waals surface area contributed by atoms with Crippen LogP contribution in [0.25, 0.3) is 5.69 Å². The Kier molecular flexibility index (Phi) is 6.96. The van der Waals surface area contributed by atoms with E-state index in [0.717, 1.165) is 33.6 Å². The maximum absolute atomic E-state index is 12.9. The van der Waals surface area contributed by atoms with Crippen LogP contribution in [0.5, 0.6) is 0 Å². The van der Waals surface area contributed by atoms with Crippen molar-refractivity contribution in [1.82, 2.24) is 24.8 Å². The highest BCUT2D eigenvalue weighted by Crippen LogP contribution is 2.17. The molecule has 0 bridgehead atoms. The van der Waals surface area contributed by atoms with E-state index in [9.17, 15) is 14.7 Å². The summed E-state index contributed by atoms with van der Waals surface area (Å²) in [7, 11) is 0. The Balaban J connectivity index is 1.41. The summed E-state index contributed by atoms with van der Waals surface area (Å²) in [6.07, 6.45) is 7.23. The second-order valence-electron chi connectivity index (χ2n) is 8.57. The normalized spacial score (nSPS) is 11.7. The van der Waals surface area contributed by atoms with Crippen molar-refractivity contribution in [2.75, 3.05) is 5.32 Å². The van der Waals surface area contributed by atoms with Crippen LogP contribution in [0.4, 0.5) is 5.95 Å². The summed E-state index contributed by atoms with van der Waals surface area (Å²) in [6, 6.07) is 10.3. The summed E-state index contributed by atoms with van der Waals surface area (Å²) in [4.78, 5) is 36.3. The second-order valence-corrected chi connectivity index (χ2v) is 8.57. The molecule has 35 heavy (non-hydrogen) atoms. The summed E-state index contributed by atoms with van der Waals surface area (Å²) in [5.41, 5.74) is 5.78. The zero-order valence-corrected chi connectivity index (χ0v) is 19.9. The number of carbonyl (C=O) groups is 2. The van der Waals surface area contributed by atoms with Crippen molar-refractivity contribution in [3.05, 3.63) is 94.8 Å². The standard InChI is InChI=1S/C26H28N6O3/c1-16-10-17(2)23(18(3)11-16)24(33)31-22(25(34)35)12-19-4-6-21(7-5-19)32-14-20(30-15-32)13-29-26-27-8-9-28-26/h4-11,14-15,22H,12-13H2,1-3H3,(H,31,33)(H,34,35)(H2,27,28,29). The first-order valence-electron chi connectivity index (χ1n) is 11.3. The van der Waals surface area contributed by atoms with Crippen molar-refractivity contribution in [1.29, 1.82) is 0 Å². The molecule has 0 aliphatic heterocycles. The first-order valence-corrected chi connectivity index (χ1v) is 11.3. The number of aromatic nitrogens is 4. The fourth-order valence-corrected chi connectivity index (χ4v) is 4.14. The summed E-state index contributed by atoms with van der Waals surface area (Å²) >= 11 is 0. The van der Waals surface area contributed by atoms with Gasteiger partial charge in [-0.3, -0.25) is 4.79 Å². The van der Waals surface area contributed by atoms with Gasteiger partial charge in [0, 0.05) is 36.3 Å². The topological polar surface area (TPSA) is 125 Å². The van der Waals surface area contributed by atoms with Gasteiger partial charge in [-0.15, -0.1) is 0 Å². The Morgan fingerprint density at radius 1 is 1.09 bits per heavy atom. The zero-order valence-electron chi connectivity index (χ0n) is 19.9. The Hall–Kier alpha value is -4.40. The molecule has 180 valence electrons. The van der Waals surface area contributed by atoms with Crippen LogP contribution in [0.1, 0.15) is 38.3 Å². The number of aliphatic carboxylic acids is 1. The van der Waals surface area contributed by atoms with E-state index < -0.39 is 12.0 Å². The minimum absolute atomic E-state index is 0.174. The average Bonchev–Trinajstić information content (AvgIpc) is 3.49. The maximum Gasteiger partial charge on any atom is 0.326 e. The Bertz CT molecular complexity index is 1300. The number of carboxylic acid groups (broad SMARTS) is 1. The van der Waals surface area contributed by atoms with E-state index in [2.05, 4.69) is 25.6 Å².